The van der Waals surface area contributed by atoms with Crippen LogP contribution in [0.15, 0.2) is 48.8 Å². The van der Waals surface area contributed by atoms with E-state index in [1.807, 2.05) is 53.7 Å². The van der Waals surface area contributed by atoms with Crippen LogP contribution in [-0.2, 0) is 0 Å². The Morgan fingerprint density at radius 1 is 1.14 bits per heavy atom. The van der Waals surface area contributed by atoms with Gasteiger partial charge in [-0.15, -0.1) is 0 Å². The zero-order valence-electron chi connectivity index (χ0n) is 15.8. The number of aromatic nitrogens is 2. The molecule has 2 saturated heterocycles. The predicted octanol–water partition coefficient (Wildman–Crippen LogP) is 3.46. The number of anilines is 1. The van der Waals surface area contributed by atoms with Crippen molar-refractivity contribution in [2.45, 2.75) is 25.4 Å². The Labute approximate surface area is 164 Å². The van der Waals surface area contributed by atoms with Gasteiger partial charge in [-0.2, -0.15) is 0 Å². The molecular formula is C22H24N4O2. The molecule has 1 unspecified atom stereocenters. The first-order valence-corrected chi connectivity index (χ1v) is 10.0. The first kappa shape index (κ1) is 17.1. The Kier molecular flexibility index (Phi) is 4.39. The molecule has 1 aromatic carbocycles. The highest BCUT2D eigenvalue weighted by molar-refractivity contribution is 5.98. The maximum atomic E-state index is 12.9. The molecule has 2 aromatic heterocycles. The Balaban J connectivity index is 1.28. The van der Waals surface area contributed by atoms with E-state index < -0.39 is 0 Å². The number of pyridine rings is 1. The van der Waals surface area contributed by atoms with Gasteiger partial charge in [0.25, 0.3) is 5.91 Å². The van der Waals surface area contributed by atoms with Crippen molar-refractivity contribution in [1.82, 2.24) is 14.9 Å². The second-order valence-electron chi connectivity index (χ2n) is 7.58. The number of H-pyrrole nitrogens is 1. The molecule has 0 aliphatic carbocycles. The molecule has 2 aliphatic rings. The van der Waals surface area contributed by atoms with Crippen LogP contribution in [-0.4, -0.2) is 53.1 Å². The normalized spacial score (nSPS) is 19.5. The lowest BCUT2D eigenvalue weighted by atomic mass is 10.1. The second kappa shape index (κ2) is 7.19. The van der Waals surface area contributed by atoms with E-state index in [1.54, 1.807) is 0 Å². The van der Waals surface area contributed by atoms with Crippen LogP contribution in [0.5, 0.6) is 5.75 Å². The number of fused-ring (bicyclic) bond motifs is 1. The summed E-state index contributed by atoms with van der Waals surface area (Å²) in [6.07, 6.45) is 6.96. The number of rotatable bonds is 4. The molecule has 2 aliphatic heterocycles. The molecule has 144 valence electrons. The van der Waals surface area contributed by atoms with E-state index in [1.165, 1.54) is 12.8 Å². The van der Waals surface area contributed by atoms with Crippen LogP contribution in [0.2, 0.25) is 0 Å². The average Bonchev–Trinajstić information content (AvgIpc) is 3.48. The highest BCUT2D eigenvalue weighted by Crippen LogP contribution is 2.30. The van der Waals surface area contributed by atoms with Gasteiger partial charge < -0.3 is 19.5 Å². The van der Waals surface area contributed by atoms with E-state index >= 15 is 0 Å². The van der Waals surface area contributed by atoms with E-state index in [4.69, 9.17) is 4.74 Å². The predicted molar refractivity (Wildman–Crippen MR) is 109 cm³/mol. The van der Waals surface area contributed by atoms with E-state index in [-0.39, 0.29) is 12.0 Å². The number of nitrogens with one attached hydrogen (secondary N) is 1. The SMILES string of the molecule is O=C(c1ccc2[nH]ccc2c1)N1CCC(Oc2cccnc2N2CCCC2)C1. The van der Waals surface area contributed by atoms with Gasteiger partial charge in [0.15, 0.2) is 11.6 Å². The third kappa shape index (κ3) is 3.19. The van der Waals surface area contributed by atoms with E-state index in [0.717, 1.165) is 47.5 Å². The second-order valence-corrected chi connectivity index (χ2v) is 7.58. The van der Waals surface area contributed by atoms with E-state index in [9.17, 15) is 4.79 Å². The van der Waals surface area contributed by atoms with Gasteiger partial charge in [-0.25, -0.2) is 4.98 Å². The number of aromatic amines is 1. The van der Waals surface area contributed by atoms with Crippen LogP contribution in [0.1, 0.15) is 29.6 Å². The summed E-state index contributed by atoms with van der Waals surface area (Å²) in [6.45, 7) is 3.39. The van der Waals surface area contributed by atoms with Crippen molar-refractivity contribution in [3.8, 4) is 5.75 Å². The molecule has 6 heteroatoms. The van der Waals surface area contributed by atoms with Crippen LogP contribution in [0, 0.1) is 0 Å². The molecule has 3 aromatic rings. The topological polar surface area (TPSA) is 61.5 Å². The molecule has 5 rings (SSSR count). The lowest BCUT2D eigenvalue weighted by Crippen LogP contribution is -2.31. The Morgan fingerprint density at radius 3 is 2.93 bits per heavy atom. The summed E-state index contributed by atoms with van der Waals surface area (Å²) in [4.78, 5) is 24.8. The van der Waals surface area contributed by atoms with Crippen LogP contribution in [0.25, 0.3) is 10.9 Å². The third-order valence-electron chi connectivity index (χ3n) is 5.68. The number of carbonyl (C=O) groups excluding carboxylic acids is 1. The van der Waals surface area contributed by atoms with Gasteiger partial charge in [0.1, 0.15) is 6.10 Å². The molecule has 2 fully saturated rings. The first-order chi connectivity index (χ1) is 13.8. The highest BCUT2D eigenvalue weighted by atomic mass is 16.5. The minimum atomic E-state index is 0.00509. The fourth-order valence-corrected chi connectivity index (χ4v) is 4.20. The molecule has 1 amide bonds. The highest BCUT2D eigenvalue weighted by Gasteiger charge is 2.29. The van der Waals surface area contributed by atoms with Crippen LogP contribution in [0.3, 0.4) is 0 Å². The minimum absolute atomic E-state index is 0.00509. The van der Waals surface area contributed by atoms with E-state index in [2.05, 4.69) is 14.9 Å². The van der Waals surface area contributed by atoms with Gasteiger partial charge >= 0.3 is 0 Å². The number of hydrogen-bond acceptors (Lipinski definition) is 4. The molecule has 6 nitrogen and oxygen atoms in total. The Morgan fingerprint density at radius 2 is 2.04 bits per heavy atom. The number of carbonyl (C=O) groups is 1. The summed E-state index contributed by atoms with van der Waals surface area (Å²) in [5.41, 5.74) is 1.78. The fraction of sp³-hybridized carbons (Fsp3) is 0.364. The zero-order chi connectivity index (χ0) is 18.9. The largest absolute Gasteiger partial charge is 0.485 e. The molecule has 28 heavy (non-hydrogen) atoms. The van der Waals surface area contributed by atoms with Crippen molar-refractivity contribution >= 4 is 22.6 Å². The van der Waals surface area contributed by atoms with Gasteiger partial charge in [0.05, 0.1) is 6.54 Å². The van der Waals surface area contributed by atoms with Crippen molar-refractivity contribution in [3.63, 3.8) is 0 Å². The number of amides is 1. The van der Waals surface area contributed by atoms with Crippen LogP contribution in [0.4, 0.5) is 5.82 Å². The number of ether oxygens (including phenoxy) is 1. The summed E-state index contributed by atoms with van der Waals surface area (Å²) in [7, 11) is 0. The number of benzene rings is 1. The van der Waals surface area contributed by atoms with Crippen LogP contribution < -0.4 is 9.64 Å². The molecule has 1 atom stereocenters. The van der Waals surface area contributed by atoms with Crippen molar-refractivity contribution in [3.05, 3.63) is 54.4 Å². The number of nitrogens with zero attached hydrogens (tertiary/aromatic N) is 3. The summed E-state index contributed by atoms with van der Waals surface area (Å²) >= 11 is 0. The smallest absolute Gasteiger partial charge is 0.254 e. The van der Waals surface area contributed by atoms with Crippen LogP contribution >= 0.6 is 0 Å². The third-order valence-corrected chi connectivity index (χ3v) is 5.68. The molecule has 1 N–H and O–H groups in total. The quantitative estimate of drug-likeness (QED) is 0.758. The summed E-state index contributed by atoms with van der Waals surface area (Å²) in [6, 6.07) is 11.7. The fourth-order valence-electron chi connectivity index (χ4n) is 4.20. The molecule has 0 saturated carbocycles. The molecular weight excluding hydrogens is 352 g/mol. The lowest BCUT2D eigenvalue weighted by molar-refractivity contribution is 0.0772. The van der Waals surface area contributed by atoms with Gasteiger partial charge in [-0.3, -0.25) is 4.79 Å². The summed E-state index contributed by atoms with van der Waals surface area (Å²) in [5, 5.41) is 1.06. The Bertz CT molecular complexity index is 993. The summed E-state index contributed by atoms with van der Waals surface area (Å²) < 4.78 is 6.29. The summed E-state index contributed by atoms with van der Waals surface area (Å²) in [5.74, 6) is 1.83. The number of likely N-dealkylation sites (tertiary alicyclic amines) is 1. The molecule has 0 spiro atoms. The maximum absolute atomic E-state index is 12.9. The molecule has 4 heterocycles. The van der Waals surface area contributed by atoms with Crippen molar-refractivity contribution in [1.29, 1.82) is 0 Å². The maximum Gasteiger partial charge on any atom is 0.254 e. The lowest BCUT2D eigenvalue weighted by Gasteiger charge is -2.22. The van der Waals surface area contributed by atoms with Crippen molar-refractivity contribution < 1.29 is 9.53 Å². The number of hydrogen-bond donors (Lipinski definition) is 1. The van der Waals surface area contributed by atoms with Gasteiger partial charge in [0, 0.05) is 54.9 Å². The molecule has 0 bridgehead atoms. The average molecular weight is 376 g/mol. The molecule has 0 radical (unpaired) electrons. The van der Waals surface area contributed by atoms with E-state index in [0.29, 0.717) is 13.1 Å². The minimum Gasteiger partial charge on any atom is -0.485 e. The van der Waals surface area contributed by atoms with Gasteiger partial charge in [0.2, 0.25) is 0 Å². The standard InChI is InChI=1S/C22H24N4O2/c27-22(17-5-6-19-16(14-17)7-10-23-19)26-13-8-18(15-26)28-20-4-3-9-24-21(20)25-11-1-2-12-25/h3-7,9-10,14,18,23H,1-2,8,11-13,15H2. The van der Waals surface area contributed by atoms with Gasteiger partial charge in [-0.1, -0.05) is 0 Å². The Hall–Kier alpha value is -3.02. The van der Waals surface area contributed by atoms with Crippen molar-refractivity contribution in [2.75, 3.05) is 31.1 Å². The first-order valence-electron chi connectivity index (χ1n) is 10.0. The monoisotopic (exact) mass is 376 g/mol. The zero-order valence-corrected chi connectivity index (χ0v) is 15.8. The van der Waals surface area contributed by atoms with Gasteiger partial charge in [-0.05, 0) is 49.2 Å². The van der Waals surface area contributed by atoms with Crippen molar-refractivity contribution in [2.24, 2.45) is 0 Å².